The highest BCUT2D eigenvalue weighted by Gasteiger charge is 2.32. The fourth-order valence-corrected chi connectivity index (χ4v) is 2.40. The number of hydrogen-bond donors (Lipinski definition) is 2. The number of carboxylic acids is 1. The van der Waals surface area contributed by atoms with Gasteiger partial charge < -0.3 is 10.8 Å². The molecule has 1 aliphatic carbocycles. The van der Waals surface area contributed by atoms with Crippen LogP contribution in [0.2, 0.25) is 0 Å². The molecule has 0 aromatic rings. The first-order chi connectivity index (χ1) is 7.84. The van der Waals surface area contributed by atoms with Crippen molar-refractivity contribution in [2.75, 3.05) is 5.75 Å². The highest BCUT2D eigenvalue weighted by atomic mass is 32.2. The van der Waals surface area contributed by atoms with E-state index in [1.165, 1.54) is 11.8 Å². The Labute approximate surface area is 102 Å². The van der Waals surface area contributed by atoms with Crippen molar-refractivity contribution in [1.29, 1.82) is 0 Å². The van der Waals surface area contributed by atoms with E-state index in [4.69, 9.17) is 12.2 Å². The normalized spacial score (nSPS) is 20.8. The summed E-state index contributed by atoms with van der Waals surface area (Å²) >= 11 is 1.45. The molecule has 0 bridgehead atoms. The Bertz CT molecular complexity index is 329. The molecule has 0 aromatic heterocycles. The molecule has 4 heteroatoms. The summed E-state index contributed by atoms with van der Waals surface area (Å²) in [6.07, 6.45) is 7.59. The highest BCUT2D eigenvalue weighted by Crippen LogP contribution is 2.29. The minimum atomic E-state index is -0.996. The molecular formula is C12H19NO2S. The molecular weight excluding hydrogens is 222 g/mol. The molecule has 90 valence electrons. The molecule has 0 heterocycles. The first-order valence-corrected chi connectivity index (χ1v) is 6.23. The van der Waals surface area contributed by atoms with Crippen LogP contribution in [0.4, 0.5) is 0 Å². The van der Waals surface area contributed by atoms with Gasteiger partial charge in [-0.05, 0) is 31.9 Å². The van der Waals surface area contributed by atoms with E-state index in [0.29, 0.717) is 5.75 Å². The SMILES string of the molecule is [2H]C(CSC(C)(C)[C@H](N)C(=O)O)C1C=CC=C1. The fourth-order valence-electron chi connectivity index (χ4n) is 1.37. The molecule has 1 unspecified atom stereocenters. The maximum Gasteiger partial charge on any atom is 0.321 e. The van der Waals surface area contributed by atoms with Gasteiger partial charge in [-0.25, -0.2) is 0 Å². The van der Waals surface area contributed by atoms with E-state index in [1.54, 1.807) is 0 Å². The number of rotatable bonds is 6. The lowest BCUT2D eigenvalue weighted by Crippen LogP contribution is -2.46. The largest absolute Gasteiger partial charge is 0.480 e. The maximum atomic E-state index is 10.8. The van der Waals surface area contributed by atoms with E-state index in [-0.39, 0.29) is 12.3 Å². The monoisotopic (exact) mass is 242 g/mol. The van der Waals surface area contributed by atoms with Gasteiger partial charge >= 0.3 is 5.97 Å². The Balaban J connectivity index is 2.46. The number of allylic oxidation sites excluding steroid dienone is 4. The van der Waals surface area contributed by atoms with Crippen molar-refractivity contribution in [3.05, 3.63) is 24.3 Å². The van der Waals surface area contributed by atoms with Crippen LogP contribution in [0.5, 0.6) is 0 Å². The van der Waals surface area contributed by atoms with Gasteiger partial charge in [-0.1, -0.05) is 24.3 Å². The molecule has 0 radical (unpaired) electrons. The molecule has 16 heavy (non-hydrogen) atoms. The van der Waals surface area contributed by atoms with Crippen LogP contribution in [0.25, 0.3) is 0 Å². The summed E-state index contributed by atoms with van der Waals surface area (Å²) in [5.74, 6) is -0.281. The minimum Gasteiger partial charge on any atom is -0.480 e. The molecule has 3 nitrogen and oxygen atoms in total. The predicted octanol–water partition coefficient (Wildman–Crippen LogP) is 2.04. The lowest BCUT2D eigenvalue weighted by atomic mass is 10.1. The molecule has 2 atom stereocenters. The second kappa shape index (κ2) is 5.55. The van der Waals surface area contributed by atoms with Crippen molar-refractivity contribution in [1.82, 2.24) is 0 Å². The quantitative estimate of drug-likeness (QED) is 0.748. The van der Waals surface area contributed by atoms with Crippen LogP contribution in [0.1, 0.15) is 21.6 Å². The van der Waals surface area contributed by atoms with Crippen LogP contribution in [0, 0.1) is 5.92 Å². The molecule has 1 rings (SSSR count). The van der Waals surface area contributed by atoms with Gasteiger partial charge in [-0.2, -0.15) is 11.8 Å². The summed E-state index contributed by atoms with van der Waals surface area (Å²) in [5.41, 5.74) is 5.62. The molecule has 0 saturated heterocycles. The lowest BCUT2D eigenvalue weighted by molar-refractivity contribution is -0.139. The highest BCUT2D eigenvalue weighted by molar-refractivity contribution is 8.00. The van der Waals surface area contributed by atoms with Crippen molar-refractivity contribution in [2.45, 2.75) is 31.0 Å². The predicted molar refractivity (Wildman–Crippen MR) is 68.5 cm³/mol. The van der Waals surface area contributed by atoms with Crippen LogP contribution in [-0.2, 0) is 4.79 Å². The van der Waals surface area contributed by atoms with Crippen molar-refractivity contribution >= 4 is 17.7 Å². The van der Waals surface area contributed by atoms with Crippen LogP contribution in [0.15, 0.2) is 24.3 Å². The number of aliphatic carboxylic acids is 1. The van der Waals surface area contributed by atoms with Crippen LogP contribution in [-0.4, -0.2) is 27.6 Å². The van der Waals surface area contributed by atoms with Crippen molar-refractivity contribution in [2.24, 2.45) is 11.7 Å². The fraction of sp³-hybridized carbons (Fsp3) is 0.583. The summed E-state index contributed by atoms with van der Waals surface area (Å²) in [6, 6.07) is -0.908. The van der Waals surface area contributed by atoms with E-state index in [1.807, 2.05) is 38.2 Å². The van der Waals surface area contributed by atoms with Crippen LogP contribution in [0.3, 0.4) is 0 Å². The van der Waals surface area contributed by atoms with E-state index in [2.05, 4.69) is 0 Å². The Morgan fingerprint density at radius 2 is 2.19 bits per heavy atom. The van der Waals surface area contributed by atoms with E-state index in [0.717, 1.165) is 0 Å². The second-order valence-electron chi connectivity index (χ2n) is 4.31. The summed E-state index contributed by atoms with van der Waals surface area (Å²) in [4.78, 5) is 10.8. The van der Waals surface area contributed by atoms with Gasteiger partial charge in [0.05, 0.1) is 0 Å². The van der Waals surface area contributed by atoms with Gasteiger partial charge in [0.25, 0.3) is 0 Å². The molecule has 0 aliphatic heterocycles. The van der Waals surface area contributed by atoms with E-state index < -0.39 is 16.8 Å². The molecule has 0 fully saturated rings. The van der Waals surface area contributed by atoms with Crippen molar-refractivity contribution in [3.8, 4) is 0 Å². The van der Waals surface area contributed by atoms with E-state index in [9.17, 15) is 4.79 Å². The summed E-state index contributed by atoms with van der Waals surface area (Å²) in [5, 5.41) is 8.89. The van der Waals surface area contributed by atoms with Crippen LogP contribution >= 0.6 is 11.8 Å². The van der Waals surface area contributed by atoms with Gasteiger partial charge in [0.15, 0.2) is 0 Å². The van der Waals surface area contributed by atoms with Crippen molar-refractivity contribution < 1.29 is 11.3 Å². The van der Waals surface area contributed by atoms with Gasteiger partial charge in [-0.15, -0.1) is 0 Å². The average molecular weight is 242 g/mol. The zero-order valence-electron chi connectivity index (χ0n) is 10.6. The zero-order chi connectivity index (χ0) is 13.1. The summed E-state index contributed by atoms with van der Waals surface area (Å²) in [6.45, 7) is 3.62. The Hall–Kier alpha value is -0.740. The van der Waals surface area contributed by atoms with Gasteiger partial charge in [0.1, 0.15) is 6.04 Å². The van der Waals surface area contributed by atoms with Gasteiger partial charge in [0.2, 0.25) is 0 Å². The molecule has 3 N–H and O–H groups in total. The standard InChI is InChI=1S/C12H19NO2S/c1-12(2,10(13)11(14)15)16-8-7-9-5-3-4-6-9/h3-6,9-10H,7-8,13H2,1-2H3,(H,14,15)/t10-/m1/s1/i7D/t7?,10-. The maximum absolute atomic E-state index is 10.8. The zero-order valence-corrected chi connectivity index (χ0v) is 10.4. The van der Waals surface area contributed by atoms with Gasteiger partial charge in [0, 0.05) is 6.12 Å². The smallest absolute Gasteiger partial charge is 0.321 e. The molecule has 0 saturated carbocycles. The van der Waals surface area contributed by atoms with E-state index >= 15 is 0 Å². The Morgan fingerprint density at radius 3 is 2.69 bits per heavy atom. The first-order valence-electron chi connectivity index (χ1n) is 5.82. The third kappa shape index (κ3) is 3.68. The number of hydrogen-bond acceptors (Lipinski definition) is 3. The topological polar surface area (TPSA) is 63.3 Å². The molecule has 0 amide bonds. The summed E-state index contributed by atoms with van der Waals surface area (Å²) < 4.78 is 7.43. The third-order valence-corrected chi connectivity index (χ3v) is 3.97. The number of carboxylic acid groups (broad SMARTS) is 1. The number of thioether (sulfide) groups is 1. The molecule has 0 aromatic carbocycles. The van der Waals surface area contributed by atoms with Crippen molar-refractivity contribution in [3.63, 3.8) is 0 Å². The number of nitrogens with two attached hydrogens (primary N) is 1. The van der Waals surface area contributed by atoms with Gasteiger partial charge in [-0.3, -0.25) is 4.79 Å². The Morgan fingerprint density at radius 1 is 1.62 bits per heavy atom. The third-order valence-electron chi connectivity index (χ3n) is 2.62. The lowest BCUT2D eigenvalue weighted by Gasteiger charge is -2.28. The first kappa shape index (κ1) is 11.7. The molecule has 0 spiro atoms. The molecule has 1 aliphatic rings. The second-order valence-corrected chi connectivity index (χ2v) is 5.99. The average Bonchev–Trinajstić information content (AvgIpc) is 2.78. The number of carbonyl (C=O) groups is 1. The minimum absolute atomic E-state index is 0.138. The summed E-state index contributed by atoms with van der Waals surface area (Å²) in [7, 11) is 0. The Kier molecular flexibility index (Phi) is 4.07. The van der Waals surface area contributed by atoms with Crippen LogP contribution < -0.4 is 5.73 Å².